The summed E-state index contributed by atoms with van der Waals surface area (Å²) in [5, 5.41) is 0. The van der Waals surface area contributed by atoms with Crippen molar-refractivity contribution in [2.24, 2.45) is 0 Å². The fourth-order valence-electron chi connectivity index (χ4n) is 2.41. The average molecular weight is 434 g/mol. The molecule has 25 heavy (non-hydrogen) atoms. The van der Waals surface area contributed by atoms with Gasteiger partial charge in [-0.1, -0.05) is 69.7 Å². The fourth-order valence-corrected chi connectivity index (χ4v) is 3.96. The third-order valence-corrected chi connectivity index (χ3v) is 5.70. The molecular formula is C19H16BrNO2S2. The molecule has 1 aliphatic rings. The number of likely N-dealkylation sites (N-methyl/N-ethyl adjacent to an activating group) is 1. The number of thioether (sulfide) groups is 1. The lowest BCUT2D eigenvalue weighted by molar-refractivity contribution is -0.121. The van der Waals surface area contributed by atoms with Gasteiger partial charge in [0.25, 0.3) is 5.91 Å². The summed E-state index contributed by atoms with van der Waals surface area (Å²) >= 11 is 9.97. The van der Waals surface area contributed by atoms with Crippen molar-refractivity contribution in [3.8, 4) is 5.75 Å². The van der Waals surface area contributed by atoms with Crippen molar-refractivity contribution in [2.75, 3.05) is 7.05 Å². The van der Waals surface area contributed by atoms with Crippen LogP contribution in [0.15, 0.2) is 51.8 Å². The summed E-state index contributed by atoms with van der Waals surface area (Å²) in [4.78, 5) is 14.3. The Hall–Kier alpha value is -1.63. The van der Waals surface area contributed by atoms with E-state index in [-0.39, 0.29) is 5.91 Å². The zero-order valence-electron chi connectivity index (χ0n) is 13.8. The highest BCUT2D eigenvalue weighted by molar-refractivity contribution is 9.10. The lowest BCUT2D eigenvalue weighted by Gasteiger charge is -2.11. The molecular weight excluding hydrogens is 418 g/mol. The molecule has 128 valence electrons. The third-order valence-electron chi connectivity index (χ3n) is 3.72. The first kappa shape index (κ1) is 18.2. The third kappa shape index (κ3) is 4.32. The Kier molecular flexibility index (Phi) is 5.61. The molecule has 1 fully saturated rings. The zero-order valence-corrected chi connectivity index (χ0v) is 17.0. The molecule has 2 aromatic rings. The number of carbonyl (C=O) groups excluding carboxylic acids is 1. The maximum absolute atomic E-state index is 12.2. The van der Waals surface area contributed by atoms with Crippen LogP contribution in [-0.2, 0) is 11.4 Å². The zero-order chi connectivity index (χ0) is 18.0. The molecule has 3 rings (SSSR count). The van der Waals surface area contributed by atoms with Crippen LogP contribution in [0.4, 0.5) is 0 Å². The number of thiocarbonyl (C=S) groups is 1. The number of halogens is 1. The van der Waals surface area contributed by atoms with Crippen LogP contribution in [0.25, 0.3) is 6.08 Å². The molecule has 0 radical (unpaired) electrons. The topological polar surface area (TPSA) is 29.5 Å². The average Bonchev–Trinajstić information content (AvgIpc) is 2.81. The number of amides is 1. The highest BCUT2D eigenvalue weighted by Gasteiger charge is 2.28. The van der Waals surface area contributed by atoms with E-state index in [1.807, 2.05) is 36.4 Å². The molecule has 0 N–H and O–H groups in total. The van der Waals surface area contributed by atoms with Crippen LogP contribution in [0.3, 0.4) is 0 Å². The molecule has 0 aliphatic carbocycles. The largest absolute Gasteiger partial charge is 0.488 e. The van der Waals surface area contributed by atoms with Gasteiger partial charge in [0.1, 0.15) is 16.7 Å². The highest BCUT2D eigenvalue weighted by atomic mass is 79.9. The molecule has 3 nitrogen and oxygen atoms in total. The predicted molar refractivity (Wildman–Crippen MR) is 111 cm³/mol. The van der Waals surface area contributed by atoms with Gasteiger partial charge in [0, 0.05) is 17.1 Å². The minimum absolute atomic E-state index is 0.0837. The van der Waals surface area contributed by atoms with Crippen LogP contribution in [-0.4, -0.2) is 22.2 Å². The van der Waals surface area contributed by atoms with Gasteiger partial charge in [-0.3, -0.25) is 9.69 Å². The van der Waals surface area contributed by atoms with E-state index in [2.05, 4.69) is 35.0 Å². The van der Waals surface area contributed by atoms with E-state index in [0.29, 0.717) is 15.8 Å². The minimum atomic E-state index is -0.0837. The van der Waals surface area contributed by atoms with Gasteiger partial charge in [0.2, 0.25) is 0 Å². The lowest BCUT2D eigenvalue weighted by atomic mass is 10.1. The van der Waals surface area contributed by atoms with Gasteiger partial charge in [-0.15, -0.1) is 0 Å². The van der Waals surface area contributed by atoms with E-state index >= 15 is 0 Å². The number of hydrogen-bond donors (Lipinski definition) is 0. The molecule has 1 aliphatic heterocycles. The lowest BCUT2D eigenvalue weighted by Crippen LogP contribution is -2.22. The number of hydrogen-bond acceptors (Lipinski definition) is 4. The van der Waals surface area contributed by atoms with E-state index in [1.165, 1.54) is 22.2 Å². The Morgan fingerprint density at radius 1 is 1.28 bits per heavy atom. The van der Waals surface area contributed by atoms with Gasteiger partial charge in [-0.2, -0.15) is 0 Å². The van der Waals surface area contributed by atoms with Crippen LogP contribution in [0.2, 0.25) is 0 Å². The molecule has 1 heterocycles. The second kappa shape index (κ2) is 7.72. The summed E-state index contributed by atoms with van der Waals surface area (Å²) in [6.45, 7) is 2.53. The summed E-state index contributed by atoms with van der Waals surface area (Å²) < 4.78 is 7.49. The molecule has 0 saturated carbocycles. The molecule has 0 spiro atoms. The van der Waals surface area contributed by atoms with Crippen molar-refractivity contribution >= 4 is 56.2 Å². The van der Waals surface area contributed by atoms with Gasteiger partial charge >= 0.3 is 0 Å². The number of benzene rings is 2. The van der Waals surface area contributed by atoms with Crippen molar-refractivity contribution in [2.45, 2.75) is 13.5 Å². The van der Waals surface area contributed by atoms with Crippen LogP contribution in [0, 0.1) is 6.92 Å². The number of rotatable bonds is 4. The van der Waals surface area contributed by atoms with Crippen LogP contribution >= 0.6 is 39.9 Å². The van der Waals surface area contributed by atoms with E-state index in [1.54, 1.807) is 7.05 Å². The quantitative estimate of drug-likeness (QED) is 0.491. The van der Waals surface area contributed by atoms with Crippen molar-refractivity contribution in [3.63, 3.8) is 0 Å². The van der Waals surface area contributed by atoms with Crippen LogP contribution < -0.4 is 4.74 Å². The number of nitrogens with zero attached hydrogens (tertiary/aromatic N) is 1. The van der Waals surface area contributed by atoms with Crippen LogP contribution in [0.1, 0.15) is 16.7 Å². The molecule has 1 saturated heterocycles. The molecule has 2 aromatic carbocycles. The minimum Gasteiger partial charge on any atom is -0.488 e. The second-order valence-electron chi connectivity index (χ2n) is 5.70. The number of ether oxygens (including phenoxy) is 1. The Balaban J connectivity index is 1.86. The van der Waals surface area contributed by atoms with Gasteiger partial charge in [-0.25, -0.2) is 0 Å². The maximum Gasteiger partial charge on any atom is 0.265 e. The summed E-state index contributed by atoms with van der Waals surface area (Å²) in [5.74, 6) is 0.644. The van der Waals surface area contributed by atoms with E-state index < -0.39 is 0 Å². The van der Waals surface area contributed by atoms with E-state index in [9.17, 15) is 4.79 Å². The van der Waals surface area contributed by atoms with E-state index in [0.717, 1.165) is 21.3 Å². The maximum atomic E-state index is 12.2. The molecule has 0 aromatic heterocycles. The van der Waals surface area contributed by atoms with Crippen molar-refractivity contribution in [1.82, 2.24) is 4.90 Å². The SMILES string of the molecule is Cc1cccc(COc2ccc(Br)cc2/C=C2\SC(=S)N(C)C2=O)c1. The summed E-state index contributed by atoms with van der Waals surface area (Å²) in [5.41, 5.74) is 3.15. The molecule has 0 unspecified atom stereocenters. The Morgan fingerprint density at radius 3 is 2.76 bits per heavy atom. The first-order valence-corrected chi connectivity index (χ1v) is 9.65. The van der Waals surface area contributed by atoms with Gasteiger partial charge in [0.05, 0.1) is 4.91 Å². The number of aryl methyl sites for hydroxylation is 1. The first-order valence-electron chi connectivity index (χ1n) is 7.63. The standard InChI is InChI=1S/C19H16BrNO2S2/c1-12-4-3-5-13(8-12)11-23-16-7-6-15(20)9-14(16)10-17-18(22)21(2)19(24)25-17/h3-10H,11H2,1-2H3/b17-10-. The summed E-state index contributed by atoms with van der Waals surface area (Å²) in [7, 11) is 1.69. The highest BCUT2D eigenvalue weighted by Crippen LogP contribution is 2.34. The van der Waals surface area contributed by atoms with Crippen molar-refractivity contribution in [3.05, 3.63) is 68.5 Å². The molecule has 6 heteroatoms. The van der Waals surface area contributed by atoms with Crippen molar-refractivity contribution in [1.29, 1.82) is 0 Å². The molecule has 0 bridgehead atoms. The summed E-state index contributed by atoms with van der Waals surface area (Å²) in [6.07, 6.45) is 1.83. The van der Waals surface area contributed by atoms with Gasteiger partial charge < -0.3 is 4.74 Å². The van der Waals surface area contributed by atoms with E-state index in [4.69, 9.17) is 17.0 Å². The van der Waals surface area contributed by atoms with Gasteiger partial charge in [-0.05, 0) is 36.8 Å². The normalized spacial score (nSPS) is 16.0. The monoisotopic (exact) mass is 433 g/mol. The van der Waals surface area contributed by atoms with Crippen molar-refractivity contribution < 1.29 is 9.53 Å². The number of carbonyl (C=O) groups is 1. The fraction of sp³-hybridized carbons (Fsp3) is 0.158. The summed E-state index contributed by atoms with van der Waals surface area (Å²) in [6, 6.07) is 14.0. The Labute approximate surface area is 165 Å². The predicted octanol–water partition coefficient (Wildman–Crippen LogP) is 5.17. The Morgan fingerprint density at radius 2 is 2.08 bits per heavy atom. The smallest absolute Gasteiger partial charge is 0.265 e. The second-order valence-corrected chi connectivity index (χ2v) is 8.29. The Bertz CT molecular complexity index is 879. The van der Waals surface area contributed by atoms with Gasteiger partial charge in [0.15, 0.2) is 0 Å². The molecule has 0 atom stereocenters. The first-order chi connectivity index (χ1) is 11.9. The van der Waals surface area contributed by atoms with Crippen LogP contribution in [0.5, 0.6) is 5.75 Å². The molecule has 1 amide bonds.